The largest absolute Gasteiger partial charge is 0.481 e. The molecule has 0 radical (unpaired) electrons. The molecular weight excluding hydrogens is 154 g/mol. The maximum absolute atomic E-state index is 12.0. The van der Waals surface area contributed by atoms with Crippen molar-refractivity contribution in [3.8, 4) is 0 Å². The average Bonchev–Trinajstić information content (AvgIpc) is 2.51. The summed E-state index contributed by atoms with van der Waals surface area (Å²) in [6.45, 7) is -4.31. The van der Waals surface area contributed by atoms with Crippen molar-refractivity contribution < 1.29 is 31.9 Å². The first-order chi connectivity index (χ1) is 12.4. The molecule has 0 amide bonds. The van der Waals surface area contributed by atoms with Crippen molar-refractivity contribution in [2.45, 2.75) is 38.2 Å². The van der Waals surface area contributed by atoms with Crippen LogP contribution in [0.2, 0.25) is 2.82 Å². The van der Waals surface area contributed by atoms with E-state index >= 15 is 0 Å². The van der Waals surface area contributed by atoms with Crippen LogP contribution in [0.25, 0.3) is 1.43 Å². The fraction of sp³-hybridized carbons (Fsp3) is 0.889. The van der Waals surface area contributed by atoms with Crippen LogP contribution in [0.1, 0.15) is 57.4 Å². The molecule has 0 saturated heterocycles. The zero-order valence-electron chi connectivity index (χ0n) is 22.8. The normalized spacial score (nSPS) is 66.2. The lowest BCUT2D eigenvalue weighted by Crippen LogP contribution is -2.34. The van der Waals surface area contributed by atoms with Crippen LogP contribution < -0.4 is 5.72 Å². The van der Waals surface area contributed by atoms with Crippen molar-refractivity contribution in [1.29, 1.82) is 1.43 Å². The molecule has 3 heteroatoms. The second kappa shape index (κ2) is 3.90. The molecule has 3 nitrogen and oxygen atoms in total. The lowest BCUT2D eigenvalue weighted by Gasteiger charge is -2.34. The fourth-order valence-corrected chi connectivity index (χ4v) is 0.612. The number of hydrogen-bond donors (Lipinski definition) is 2. The first-order valence-corrected chi connectivity index (χ1v) is 2.88. The third-order valence-corrected chi connectivity index (χ3v) is 1.08. The van der Waals surface area contributed by atoms with E-state index in [2.05, 4.69) is 5.11 Å². The summed E-state index contributed by atoms with van der Waals surface area (Å²) < 4.78 is 132. The molecule has 0 atom stereocenters. The first kappa shape index (κ1) is 1.54. The fourth-order valence-electron chi connectivity index (χ4n) is 0.612. The van der Waals surface area contributed by atoms with Gasteiger partial charge in [-0.15, -0.1) is 0 Å². The minimum Gasteiger partial charge on any atom is -0.481 e. The molecular formula is C9H17NO2. The maximum atomic E-state index is 12.0. The topological polar surface area (TPSA) is 63.3 Å². The molecule has 0 aliphatic heterocycles. The molecule has 0 aromatic carbocycles. The number of carboxylic acids is 1. The van der Waals surface area contributed by atoms with Crippen LogP contribution in [0.5, 0.6) is 0 Å². The monoisotopic (exact) mass is 188 g/mol. The number of hydrogen-bond acceptors (Lipinski definition) is 3. The molecule has 12 heavy (non-hydrogen) atoms. The second-order valence-electron chi connectivity index (χ2n) is 1.90. The third kappa shape index (κ3) is 2.21. The van der Waals surface area contributed by atoms with Crippen molar-refractivity contribution in [1.82, 2.24) is 0 Å². The van der Waals surface area contributed by atoms with Crippen LogP contribution in [-0.2, 0) is 4.79 Å². The van der Waals surface area contributed by atoms with E-state index in [0.717, 1.165) is 0 Å². The van der Waals surface area contributed by atoms with Crippen molar-refractivity contribution >= 4 is 5.97 Å². The van der Waals surface area contributed by atoms with E-state index in [9.17, 15) is 4.79 Å². The summed E-state index contributed by atoms with van der Waals surface area (Å²) in [5, 5.41) is 3.40. The Morgan fingerprint density at radius 3 is 3.08 bits per heavy atom. The Labute approximate surface area is 97.0 Å². The number of aliphatic carboxylic acids is 1. The highest BCUT2D eigenvalue weighted by molar-refractivity contribution is 5.67. The van der Waals surface area contributed by atoms with Crippen LogP contribution in [0.4, 0.5) is 0 Å². The van der Waals surface area contributed by atoms with E-state index in [-0.39, 0.29) is 0 Å². The Bertz CT molecular complexity index is 654. The maximum Gasteiger partial charge on any atom is 0.303 e. The Balaban J connectivity index is 4.46. The minimum atomic E-state index is -4.57. The van der Waals surface area contributed by atoms with Gasteiger partial charge in [0.25, 0.3) is 1.43 Å². The van der Waals surface area contributed by atoms with Gasteiger partial charge in [0.05, 0.1) is 6.37 Å². The molecule has 0 unspecified atom stereocenters. The van der Waals surface area contributed by atoms with Gasteiger partial charge in [-0.1, -0.05) is 19.1 Å². The number of nitrogens with two attached hydrogens (primary N) is 1. The summed E-state index contributed by atoms with van der Waals surface area (Å²) in [6.07, 6.45) is -25.8. The molecule has 0 aromatic heterocycles. The van der Waals surface area contributed by atoms with Gasteiger partial charge in [-0.25, -0.2) is 0 Å². The summed E-state index contributed by atoms with van der Waals surface area (Å²) in [6, 6.07) is 0. The molecule has 0 aromatic rings. The molecule has 1 aliphatic rings. The third-order valence-electron chi connectivity index (χ3n) is 1.08. The lowest BCUT2D eigenvalue weighted by atomic mass is 9.72. The van der Waals surface area contributed by atoms with Crippen molar-refractivity contribution in [2.24, 2.45) is 11.1 Å². The standard InChI is InChI=1S/C9H17NO2/c10-7-9(6-8(11)12)4-2-1-3-5-9/h1-7,10H2,(H,11,12)/i1D2,2D2,3D2,4D2,5D2,6D2,7D2/hD3. The van der Waals surface area contributed by atoms with Crippen LogP contribution in [0.3, 0.4) is 0 Å². The van der Waals surface area contributed by atoms with Gasteiger partial charge in [-0.05, 0) is 24.7 Å². The van der Waals surface area contributed by atoms with Crippen LogP contribution in [-0.4, -0.2) is 17.6 Å². The molecule has 0 bridgehead atoms. The van der Waals surface area contributed by atoms with Crippen LogP contribution in [0, 0.1) is 5.41 Å². The lowest BCUT2D eigenvalue weighted by molar-refractivity contribution is -0.140. The highest BCUT2D eigenvalue weighted by Gasteiger charge is 2.32. The van der Waals surface area contributed by atoms with E-state index in [1.165, 1.54) is 0 Å². The first-order valence-electron chi connectivity index (χ1n) is 11.2. The predicted molar refractivity (Wildman–Crippen MR) is 46.8 cm³/mol. The molecule has 1 rings (SSSR count). The zero-order chi connectivity index (χ0) is 23.9. The number of carbonyl (C=O) groups is 1. The highest BCUT2D eigenvalue weighted by atomic mass is 16.4. The van der Waals surface area contributed by atoms with Gasteiger partial charge in [0, 0.05) is 19.2 Å². The summed E-state index contributed by atoms with van der Waals surface area (Å²) in [7, 11) is 0. The van der Waals surface area contributed by atoms with E-state index < -0.39 is 61.8 Å². The minimum absolute atomic E-state index is 1.08. The van der Waals surface area contributed by atoms with Crippen LogP contribution >= 0.6 is 0 Å². The zero-order valence-corrected chi connectivity index (χ0v) is 5.76. The molecule has 70 valence electrons. The van der Waals surface area contributed by atoms with Gasteiger partial charge >= 0.3 is 5.97 Å². The van der Waals surface area contributed by atoms with Gasteiger partial charge < -0.3 is 10.8 Å². The van der Waals surface area contributed by atoms with Gasteiger partial charge in [0.1, 0.15) is 2.82 Å². The summed E-state index contributed by atoms with van der Waals surface area (Å²) >= 11 is 0. The Morgan fingerprint density at radius 2 is 2.50 bits per heavy atom. The van der Waals surface area contributed by atoms with E-state index in [1.54, 1.807) is 0 Å². The van der Waals surface area contributed by atoms with Crippen molar-refractivity contribution in [3.05, 3.63) is 0 Å². The van der Waals surface area contributed by atoms with Crippen molar-refractivity contribution in [2.75, 3.05) is 6.50 Å². The smallest absolute Gasteiger partial charge is 0.303 e. The van der Waals surface area contributed by atoms with E-state index in [4.69, 9.17) is 23.4 Å². The predicted octanol–water partition coefficient (Wildman–Crippen LogP) is 1.37. The average molecular weight is 188 g/mol. The molecule has 1 aliphatic carbocycles. The number of rotatable bonds is 4. The molecule has 1 saturated carbocycles. The molecule has 1 fully saturated rings. The molecule has 0 spiro atoms. The summed E-state index contributed by atoms with van der Waals surface area (Å²) in [5.74, 6) is -2.47. The summed E-state index contributed by atoms with van der Waals surface area (Å²) in [5.41, 5.74) is -5.65. The van der Waals surface area contributed by atoms with Gasteiger partial charge in [0.2, 0.25) is 0 Å². The summed E-state index contributed by atoms with van der Waals surface area (Å²) in [4.78, 5) is 12.0. The van der Waals surface area contributed by atoms with Gasteiger partial charge in [0.15, 0.2) is 0 Å². The van der Waals surface area contributed by atoms with Gasteiger partial charge in [-0.3, -0.25) is 4.79 Å². The van der Waals surface area contributed by atoms with Crippen molar-refractivity contribution in [3.63, 3.8) is 0 Å². The second-order valence-corrected chi connectivity index (χ2v) is 1.90. The van der Waals surface area contributed by atoms with E-state index in [1.807, 2.05) is 0 Å². The SMILES string of the molecule is [2H]OC(=O)C([2H])([2H])C1(C([2H])([2H])N([2H])[2H])C([2H])([2H])C([2H])([2H])C([2H])([2H])C([2H])([2H])C1([2H])[2H]. The number of carboxylic acid groups (broad SMARTS) is 1. The Kier molecular flexibility index (Phi) is 0.499. The van der Waals surface area contributed by atoms with Crippen LogP contribution in [0.15, 0.2) is 0 Å². The van der Waals surface area contributed by atoms with Gasteiger partial charge in [-0.2, -0.15) is 0 Å². The highest BCUT2D eigenvalue weighted by Crippen LogP contribution is 2.38. The molecule has 0 heterocycles. The Morgan fingerprint density at radius 1 is 1.75 bits per heavy atom. The molecule has 3 N–H and O–H groups in total. The van der Waals surface area contributed by atoms with E-state index in [0.29, 0.717) is 0 Å². The Hall–Kier alpha value is -0.570. The quantitative estimate of drug-likeness (QED) is 0.700.